The molecule has 0 aromatic carbocycles. The Morgan fingerprint density at radius 3 is 2.68 bits per heavy atom. The van der Waals surface area contributed by atoms with E-state index in [9.17, 15) is 9.90 Å². The summed E-state index contributed by atoms with van der Waals surface area (Å²) < 4.78 is 10.8. The van der Waals surface area contributed by atoms with Crippen LogP contribution in [0.3, 0.4) is 0 Å². The first kappa shape index (κ1) is 13.6. The van der Waals surface area contributed by atoms with E-state index in [1.54, 1.807) is 12.3 Å². The Morgan fingerprint density at radius 2 is 2.21 bits per heavy atom. The minimum Gasteiger partial charge on any atom is -0.495 e. The molecule has 1 saturated carbocycles. The SMILES string of the molecule is COc1cnc(OCC(C)C)c(C2(C(=O)O)CC2)c1. The first-order chi connectivity index (χ1) is 8.99. The van der Waals surface area contributed by atoms with Crippen molar-refractivity contribution in [3.05, 3.63) is 17.8 Å². The minimum absolute atomic E-state index is 0.358. The van der Waals surface area contributed by atoms with Gasteiger partial charge in [0, 0.05) is 5.56 Å². The van der Waals surface area contributed by atoms with Gasteiger partial charge in [0.2, 0.25) is 5.88 Å². The fraction of sp³-hybridized carbons (Fsp3) is 0.571. The monoisotopic (exact) mass is 265 g/mol. The molecule has 0 amide bonds. The van der Waals surface area contributed by atoms with Crippen LogP contribution in [-0.2, 0) is 10.2 Å². The fourth-order valence-electron chi connectivity index (χ4n) is 1.97. The highest BCUT2D eigenvalue weighted by molar-refractivity contribution is 5.85. The number of hydrogen-bond acceptors (Lipinski definition) is 4. The van der Waals surface area contributed by atoms with Crippen LogP contribution in [0.1, 0.15) is 32.3 Å². The molecular weight excluding hydrogens is 246 g/mol. The highest BCUT2D eigenvalue weighted by Gasteiger charge is 2.54. The third-order valence-corrected chi connectivity index (χ3v) is 3.29. The first-order valence-electron chi connectivity index (χ1n) is 6.40. The summed E-state index contributed by atoms with van der Waals surface area (Å²) in [5, 5.41) is 9.40. The number of carboxylic acid groups (broad SMARTS) is 1. The van der Waals surface area contributed by atoms with Gasteiger partial charge in [-0.15, -0.1) is 0 Å². The maximum atomic E-state index is 11.4. The molecule has 1 aliphatic rings. The zero-order valence-electron chi connectivity index (χ0n) is 11.5. The average molecular weight is 265 g/mol. The van der Waals surface area contributed by atoms with Gasteiger partial charge in [0.1, 0.15) is 5.75 Å². The minimum atomic E-state index is -0.839. The maximum absolute atomic E-state index is 11.4. The first-order valence-corrected chi connectivity index (χ1v) is 6.40. The summed E-state index contributed by atoms with van der Waals surface area (Å²) in [7, 11) is 1.54. The van der Waals surface area contributed by atoms with Crippen LogP contribution in [0.4, 0.5) is 0 Å². The van der Waals surface area contributed by atoms with E-state index in [0.29, 0.717) is 42.6 Å². The molecule has 0 radical (unpaired) electrons. The van der Waals surface area contributed by atoms with E-state index in [1.165, 1.54) is 7.11 Å². The van der Waals surface area contributed by atoms with Crippen molar-refractivity contribution in [2.45, 2.75) is 32.1 Å². The van der Waals surface area contributed by atoms with Gasteiger partial charge >= 0.3 is 5.97 Å². The van der Waals surface area contributed by atoms with Gasteiger partial charge in [-0.25, -0.2) is 4.98 Å². The van der Waals surface area contributed by atoms with Crippen LogP contribution < -0.4 is 9.47 Å². The van der Waals surface area contributed by atoms with Crippen LogP contribution in [0, 0.1) is 5.92 Å². The lowest BCUT2D eigenvalue weighted by atomic mass is 9.97. The van der Waals surface area contributed by atoms with Crippen molar-refractivity contribution in [1.82, 2.24) is 4.98 Å². The second-order valence-electron chi connectivity index (χ2n) is 5.32. The van der Waals surface area contributed by atoms with Gasteiger partial charge < -0.3 is 14.6 Å². The molecule has 5 nitrogen and oxygen atoms in total. The van der Waals surface area contributed by atoms with Crippen LogP contribution in [0.25, 0.3) is 0 Å². The Morgan fingerprint density at radius 1 is 1.53 bits per heavy atom. The van der Waals surface area contributed by atoms with Gasteiger partial charge in [0.15, 0.2) is 0 Å². The molecule has 0 aliphatic heterocycles. The van der Waals surface area contributed by atoms with Crippen LogP contribution in [0.5, 0.6) is 11.6 Å². The van der Waals surface area contributed by atoms with E-state index in [-0.39, 0.29) is 0 Å². The van der Waals surface area contributed by atoms with Gasteiger partial charge in [0.05, 0.1) is 25.3 Å². The molecule has 0 atom stereocenters. The van der Waals surface area contributed by atoms with Crippen molar-refractivity contribution in [3.8, 4) is 11.6 Å². The summed E-state index contributed by atoms with van der Waals surface area (Å²) in [6.07, 6.45) is 2.79. The summed E-state index contributed by atoms with van der Waals surface area (Å²) in [6.45, 7) is 4.59. The molecule has 0 unspecified atom stereocenters. The highest BCUT2D eigenvalue weighted by atomic mass is 16.5. The van der Waals surface area contributed by atoms with E-state index < -0.39 is 11.4 Å². The van der Waals surface area contributed by atoms with Crippen molar-refractivity contribution in [3.63, 3.8) is 0 Å². The lowest BCUT2D eigenvalue weighted by molar-refractivity contribution is -0.140. The molecule has 19 heavy (non-hydrogen) atoms. The highest BCUT2D eigenvalue weighted by Crippen LogP contribution is 2.51. The molecule has 0 spiro atoms. The number of methoxy groups -OCH3 is 1. The number of nitrogens with zero attached hydrogens (tertiary/aromatic N) is 1. The number of rotatable bonds is 6. The summed E-state index contributed by atoms with van der Waals surface area (Å²) in [6, 6.07) is 1.73. The molecule has 104 valence electrons. The standard InChI is InChI=1S/C14H19NO4/c1-9(2)8-19-12-11(6-10(18-3)7-15-12)14(4-5-14)13(16)17/h6-7,9H,4-5,8H2,1-3H3,(H,16,17). The van der Waals surface area contributed by atoms with Gasteiger partial charge in [-0.05, 0) is 24.8 Å². The van der Waals surface area contributed by atoms with Gasteiger partial charge in [-0.1, -0.05) is 13.8 Å². The maximum Gasteiger partial charge on any atom is 0.314 e. The van der Waals surface area contributed by atoms with E-state index in [4.69, 9.17) is 9.47 Å². The van der Waals surface area contributed by atoms with Crippen molar-refractivity contribution in [2.24, 2.45) is 5.92 Å². The number of aliphatic carboxylic acids is 1. The van der Waals surface area contributed by atoms with Gasteiger partial charge in [-0.3, -0.25) is 4.79 Å². The normalized spacial score (nSPS) is 16.2. The summed E-state index contributed by atoms with van der Waals surface area (Å²) in [4.78, 5) is 15.6. The number of pyridine rings is 1. The van der Waals surface area contributed by atoms with Crippen molar-refractivity contribution in [2.75, 3.05) is 13.7 Å². The lowest BCUT2D eigenvalue weighted by Crippen LogP contribution is -2.21. The molecular formula is C14H19NO4. The fourth-order valence-corrected chi connectivity index (χ4v) is 1.97. The lowest BCUT2D eigenvalue weighted by Gasteiger charge is -2.17. The summed E-state index contributed by atoms with van der Waals surface area (Å²) in [5.41, 5.74) is -0.214. The number of carboxylic acids is 1. The predicted molar refractivity (Wildman–Crippen MR) is 69.7 cm³/mol. The van der Waals surface area contributed by atoms with Crippen LogP contribution in [0.2, 0.25) is 0 Å². The number of carbonyl (C=O) groups is 1. The molecule has 0 bridgehead atoms. The van der Waals surface area contributed by atoms with Gasteiger partial charge in [0.25, 0.3) is 0 Å². The molecule has 2 rings (SSSR count). The predicted octanol–water partition coefficient (Wildman–Crippen LogP) is 2.24. The van der Waals surface area contributed by atoms with Crippen molar-refractivity contribution >= 4 is 5.97 Å². The molecule has 1 fully saturated rings. The Labute approximate surface area is 112 Å². The second-order valence-corrected chi connectivity index (χ2v) is 5.32. The van der Waals surface area contributed by atoms with Crippen LogP contribution >= 0.6 is 0 Å². The Hall–Kier alpha value is -1.78. The Kier molecular flexibility index (Phi) is 3.64. The van der Waals surface area contributed by atoms with Crippen LogP contribution in [0.15, 0.2) is 12.3 Å². The topological polar surface area (TPSA) is 68.7 Å². The number of ether oxygens (including phenoxy) is 2. The Balaban J connectivity index is 2.35. The number of hydrogen-bond donors (Lipinski definition) is 1. The van der Waals surface area contributed by atoms with Crippen LogP contribution in [-0.4, -0.2) is 29.8 Å². The molecule has 1 heterocycles. The molecule has 5 heteroatoms. The zero-order chi connectivity index (χ0) is 14.0. The summed E-state index contributed by atoms with van der Waals surface area (Å²) >= 11 is 0. The summed E-state index contributed by atoms with van der Waals surface area (Å²) in [5.74, 6) is 0.502. The molecule has 1 aromatic heterocycles. The molecule has 1 N–H and O–H groups in total. The molecule has 1 aliphatic carbocycles. The molecule has 0 saturated heterocycles. The van der Waals surface area contributed by atoms with Crippen molar-refractivity contribution in [1.29, 1.82) is 0 Å². The Bertz CT molecular complexity index is 480. The van der Waals surface area contributed by atoms with E-state index >= 15 is 0 Å². The van der Waals surface area contributed by atoms with Gasteiger partial charge in [-0.2, -0.15) is 0 Å². The third-order valence-electron chi connectivity index (χ3n) is 3.29. The smallest absolute Gasteiger partial charge is 0.314 e. The average Bonchev–Trinajstić information content (AvgIpc) is 3.17. The van der Waals surface area contributed by atoms with Crippen molar-refractivity contribution < 1.29 is 19.4 Å². The quantitative estimate of drug-likeness (QED) is 0.854. The third kappa shape index (κ3) is 2.64. The zero-order valence-corrected chi connectivity index (χ0v) is 11.5. The largest absolute Gasteiger partial charge is 0.495 e. The number of aromatic nitrogens is 1. The molecule has 1 aromatic rings. The van der Waals surface area contributed by atoms with E-state index in [2.05, 4.69) is 4.98 Å². The second kappa shape index (κ2) is 5.07. The van der Waals surface area contributed by atoms with E-state index in [1.807, 2.05) is 13.8 Å². The van der Waals surface area contributed by atoms with E-state index in [0.717, 1.165) is 0 Å².